The van der Waals surface area contributed by atoms with Crippen molar-refractivity contribution < 1.29 is 9.53 Å². The highest BCUT2D eigenvalue weighted by Crippen LogP contribution is 2.25. The van der Waals surface area contributed by atoms with Gasteiger partial charge in [-0.3, -0.25) is 4.79 Å². The zero-order chi connectivity index (χ0) is 14.7. The topological polar surface area (TPSA) is 51.2 Å². The van der Waals surface area contributed by atoms with Gasteiger partial charge in [-0.05, 0) is 41.1 Å². The van der Waals surface area contributed by atoms with Crippen LogP contribution in [0.25, 0.3) is 0 Å². The van der Waals surface area contributed by atoms with Crippen molar-refractivity contribution in [3.63, 3.8) is 0 Å². The fourth-order valence-electron chi connectivity index (χ4n) is 1.70. The molecule has 0 spiro atoms. The lowest BCUT2D eigenvalue weighted by atomic mass is 10.1. The molecule has 2 rings (SSSR count). The molecule has 0 radical (unpaired) electrons. The van der Waals surface area contributed by atoms with Crippen LogP contribution < -0.4 is 10.1 Å². The molecule has 0 aliphatic carbocycles. The number of nitrogens with one attached hydrogen (secondary N) is 1. The first-order valence-corrected chi connectivity index (χ1v) is 6.95. The summed E-state index contributed by atoms with van der Waals surface area (Å²) in [6.45, 7) is 1.91. The number of halogens is 2. The fraction of sp³-hybridized carbons (Fsp3) is 0.143. The van der Waals surface area contributed by atoms with Crippen molar-refractivity contribution >= 4 is 39.1 Å². The number of benzene rings is 1. The number of aryl methyl sites for hydroxylation is 1. The summed E-state index contributed by atoms with van der Waals surface area (Å²) in [7, 11) is 1.52. The Balaban J connectivity index is 2.32. The predicted octanol–water partition coefficient (Wildman–Crippen LogP) is 4.07. The highest BCUT2D eigenvalue weighted by molar-refractivity contribution is 9.10. The van der Waals surface area contributed by atoms with E-state index in [0.717, 1.165) is 10.0 Å². The molecule has 0 atom stereocenters. The Kier molecular flexibility index (Phi) is 4.62. The smallest absolute Gasteiger partial charge is 0.259 e. The number of ether oxygens (including phenoxy) is 1. The largest absolute Gasteiger partial charge is 0.496 e. The number of nitrogens with zero attached hydrogens (tertiary/aromatic N) is 1. The summed E-state index contributed by atoms with van der Waals surface area (Å²) in [6.07, 6.45) is 1.56. The van der Waals surface area contributed by atoms with Gasteiger partial charge >= 0.3 is 0 Å². The second-order valence-corrected chi connectivity index (χ2v) is 5.42. The van der Waals surface area contributed by atoms with Gasteiger partial charge in [-0.1, -0.05) is 23.2 Å². The number of anilines is 1. The van der Waals surface area contributed by atoms with Gasteiger partial charge in [-0.2, -0.15) is 0 Å². The van der Waals surface area contributed by atoms with E-state index in [4.69, 9.17) is 16.3 Å². The molecule has 0 fully saturated rings. The van der Waals surface area contributed by atoms with E-state index >= 15 is 0 Å². The molecule has 1 amide bonds. The van der Waals surface area contributed by atoms with Crippen LogP contribution in [0.3, 0.4) is 0 Å². The number of amides is 1. The van der Waals surface area contributed by atoms with E-state index in [1.54, 1.807) is 24.4 Å². The van der Waals surface area contributed by atoms with Crippen LogP contribution in [0.4, 0.5) is 5.69 Å². The van der Waals surface area contributed by atoms with Gasteiger partial charge in [0.05, 0.1) is 18.4 Å². The monoisotopic (exact) mass is 354 g/mol. The molecule has 104 valence electrons. The van der Waals surface area contributed by atoms with Crippen LogP contribution in [0.1, 0.15) is 15.9 Å². The Labute approximate surface area is 130 Å². The molecule has 1 heterocycles. The quantitative estimate of drug-likeness (QED) is 0.845. The minimum atomic E-state index is -0.299. The number of hydrogen-bond donors (Lipinski definition) is 1. The number of carbonyl (C=O) groups excluding carboxylic acids is 1. The van der Waals surface area contributed by atoms with Crippen LogP contribution in [-0.2, 0) is 0 Å². The van der Waals surface area contributed by atoms with Crippen LogP contribution in [0.15, 0.2) is 34.9 Å². The van der Waals surface area contributed by atoms with E-state index in [1.807, 2.05) is 13.0 Å². The molecule has 0 saturated heterocycles. The average Bonchev–Trinajstić information content (AvgIpc) is 2.42. The normalized spacial score (nSPS) is 10.2. The van der Waals surface area contributed by atoms with Crippen molar-refractivity contribution in [2.45, 2.75) is 6.92 Å². The molecule has 4 nitrogen and oxygen atoms in total. The van der Waals surface area contributed by atoms with Crippen LogP contribution in [0.5, 0.6) is 5.75 Å². The Hall–Kier alpha value is -1.59. The SMILES string of the molecule is COc1ccc(C)cc1C(=O)Nc1cc(Br)cnc1Cl. The average molecular weight is 356 g/mol. The van der Waals surface area contributed by atoms with Crippen molar-refractivity contribution in [3.8, 4) is 5.75 Å². The van der Waals surface area contributed by atoms with Gasteiger partial charge in [0.15, 0.2) is 5.15 Å². The van der Waals surface area contributed by atoms with Crippen molar-refractivity contribution in [2.75, 3.05) is 12.4 Å². The lowest BCUT2D eigenvalue weighted by Gasteiger charge is -2.11. The molecule has 1 aromatic carbocycles. The highest BCUT2D eigenvalue weighted by Gasteiger charge is 2.14. The van der Waals surface area contributed by atoms with Crippen molar-refractivity contribution in [1.82, 2.24) is 4.98 Å². The van der Waals surface area contributed by atoms with Gasteiger partial charge in [-0.25, -0.2) is 4.98 Å². The van der Waals surface area contributed by atoms with E-state index < -0.39 is 0 Å². The summed E-state index contributed by atoms with van der Waals surface area (Å²) in [4.78, 5) is 16.3. The minimum Gasteiger partial charge on any atom is -0.496 e. The fourth-order valence-corrected chi connectivity index (χ4v) is 2.18. The van der Waals surface area contributed by atoms with E-state index in [0.29, 0.717) is 17.0 Å². The first-order valence-electron chi connectivity index (χ1n) is 5.78. The van der Waals surface area contributed by atoms with Crippen LogP contribution in [0, 0.1) is 6.92 Å². The maximum atomic E-state index is 12.3. The molecule has 0 aliphatic heterocycles. The minimum absolute atomic E-state index is 0.230. The second kappa shape index (κ2) is 6.24. The standard InChI is InChI=1S/C14H12BrClN2O2/c1-8-3-4-12(20-2)10(5-8)14(19)18-11-6-9(15)7-17-13(11)16/h3-7H,1-2H3,(H,18,19). The summed E-state index contributed by atoms with van der Waals surface area (Å²) in [6, 6.07) is 7.08. The van der Waals surface area contributed by atoms with Crippen molar-refractivity contribution in [1.29, 1.82) is 0 Å². The number of rotatable bonds is 3. The third-order valence-electron chi connectivity index (χ3n) is 2.65. The molecule has 1 N–H and O–H groups in total. The molecule has 2 aromatic rings. The maximum Gasteiger partial charge on any atom is 0.259 e. The molecule has 1 aromatic heterocycles. The van der Waals surface area contributed by atoms with Crippen LogP contribution >= 0.6 is 27.5 Å². The third kappa shape index (κ3) is 3.29. The highest BCUT2D eigenvalue weighted by atomic mass is 79.9. The summed E-state index contributed by atoms with van der Waals surface area (Å²) in [5.41, 5.74) is 1.85. The van der Waals surface area contributed by atoms with Crippen molar-refractivity contribution in [2.24, 2.45) is 0 Å². The molecule has 0 bridgehead atoms. The molecular formula is C14H12BrClN2O2. The van der Waals surface area contributed by atoms with Gasteiger partial charge in [0.1, 0.15) is 5.75 Å². The number of carbonyl (C=O) groups is 1. The number of methoxy groups -OCH3 is 1. The molecule has 0 saturated carbocycles. The van der Waals surface area contributed by atoms with E-state index in [-0.39, 0.29) is 11.1 Å². The molecule has 20 heavy (non-hydrogen) atoms. The summed E-state index contributed by atoms with van der Waals surface area (Å²) in [5.74, 6) is 0.208. The van der Waals surface area contributed by atoms with Gasteiger partial charge in [0, 0.05) is 10.7 Å². The number of pyridine rings is 1. The van der Waals surface area contributed by atoms with Crippen LogP contribution in [0.2, 0.25) is 5.15 Å². The summed E-state index contributed by atoms with van der Waals surface area (Å²) < 4.78 is 5.92. The lowest BCUT2D eigenvalue weighted by Crippen LogP contribution is -2.14. The zero-order valence-corrected chi connectivity index (χ0v) is 13.2. The third-order valence-corrected chi connectivity index (χ3v) is 3.39. The maximum absolute atomic E-state index is 12.3. The van der Waals surface area contributed by atoms with E-state index in [2.05, 4.69) is 26.2 Å². The first kappa shape index (κ1) is 14.8. The van der Waals surface area contributed by atoms with Crippen molar-refractivity contribution in [3.05, 3.63) is 51.2 Å². The molecular weight excluding hydrogens is 344 g/mol. The Bertz CT molecular complexity index is 662. The Morgan fingerprint density at radius 1 is 1.40 bits per heavy atom. The number of hydrogen-bond acceptors (Lipinski definition) is 3. The Morgan fingerprint density at radius 3 is 2.85 bits per heavy atom. The molecule has 0 aliphatic rings. The second-order valence-electron chi connectivity index (χ2n) is 4.15. The van der Waals surface area contributed by atoms with Gasteiger partial charge in [0.25, 0.3) is 5.91 Å². The van der Waals surface area contributed by atoms with Crippen LogP contribution in [-0.4, -0.2) is 18.0 Å². The summed E-state index contributed by atoms with van der Waals surface area (Å²) >= 11 is 9.24. The van der Waals surface area contributed by atoms with Gasteiger partial charge in [-0.15, -0.1) is 0 Å². The molecule has 0 unspecified atom stereocenters. The molecule has 6 heteroatoms. The number of aromatic nitrogens is 1. The van der Waals surface area contributed by atoms with Gasteiger partial charge in [0.2, 0.25) is 0 Å². The predicted molar refractivity (Wildman–Crippen MR) is 82.6 cm³/mol. The first-order chi connectivity index (χ1) is 9.51. The van der Waals surface area contributed by atoms with E-state index in [9.17, 15) is 4.79 Å². The van der Waals surface area contributed by atoms with Gasteiger partial charge < -0.3 is 10.1 Å². The summed E-state index contributed by atoms with van der Waals surface area (Å²) in [5, 5.41) is 2.96. The lowest BCUT2D eigenvalue weighted by molar-refractivity contribution is 0.102. The van der Waals surface area contributed by atoms with E-state index in [1.165, 1.54) is 7.11 Å². The Morgan fingerprint density at radius 2 is 2.15 bits per heavy atom. The zero-order valence-electron chi connectivity index (χ0n) is 10.9.